The first-order chi connectivity index (χ1) is 9.56. The molecule has 2 heterocycles. The SMILES string of the molecule is O=C(O)C1CCCc2sc(-c3ncc(Br)cc3Br)nc21. The van der Waals surface area contributed by atoms with Crippen LogP contribution in [-0.2, 0) is 11.2 Å². The molecule has 2 aromatic heterocycles. The Morgan fingerprint density at radius 2 is 2.25 bits per heavy atom. The van der Waals surface area contributed by atoms with Gasteiger partial charge in [0.2, 0.25) is 0 Å². The molecule has 0 saturated carbocycles. The van der Waals surface area contributed by atoms with Crippen molar-refractivity contribution < 1.29 is 9.90 Å². The quantitative estimate of drug-likeness (QED) is 0.793. The minimum Gasteiger partial charge on any atom is -0.481 e. The number of pyridine rings is 1. The highest BCUT2D eigenvalue weighted by Gasteiger charge is 2.30. The number of carboxylic acid groups (broad SMARTS) is 1. The van der Waals surface area contributed by atoms with Crippen molar-refractivity contribution in [3.8, 4) is 10.7 Å². The molecule has 1 aliphatic carbocycles. The van der Waals surface area contributed by atoms with Crippen molar-refractivity contribution in [2.24, 2.45) is 0 Å². The molecule has 0 amide bonds. The summed E-state index contributed by atoms with van der Waals surface area (Å²) >= 11 is 8.39. The van der Waals surface area contributed by atoms with Gasteiger partial charge in [-0.05, 0) is 57.2 Å². The molecule has 3 rings (SSSR count). The number of aliphatic carboxylic acids is 1. The molecule has 0 aromatic carbocycles. The van der Waals surface area contributed by atoms with Crippen molar-refractivity contribution in [1.29, 1.82) is 0 Å². The minimum atomic E-state index is -0.786. The van der Waals surface area contributed by atoms with Gasteiger partial charge < -0.3 is 5.11 Å². The van der Waals surface area contributed by atoms with E-state index < -0.39 is 11.9 Å². The second kappa shape index (κ2) is 5.54. The number of carboxylic acids is 1. The fourth-order valence-corrected chi connectivity index (χ4v) is 4.81. The fourth-order valence-electron chi connectivity index (χ4n) is 2.33. The molecule has 20 heavy (non-hydrogen) atoms. The van der Waals surface area contributed by atoms with Crippen LogP contribution in [0.3, 0.4) is 0 Å². The molecule has 0 fully saturated rings. The number of nitrogens with zero attached hydrogens (tertiary/aromatic N) is 2. The first kappa shape index (κ1) is 14.2. The third kappa shape index (κ3) is 2.54. The normalized spacial score (nSPS) is 17.8. The maximum atomic E-state index is 11.3. The van der Waals surface area contributed by atoms with Gasteiger partial charge in [0.15, 0.2) is 0 Å². The number of aromatic nitrogens is 2. The Morgan fingerprint density at radius 3 is 2.95 bits per heavy atom. The van der Waals surface area contributed by atoms with E-state index in [1.807, 2.05) is 6.07 Å². The Morgan fingerprint density at radius 1 is 1.45 bits per heavy atom. The predicted octanol–water partition coefficient (Wildman–Crippen LogP) is 4.23. The van der Waals surface area contributed by atoms with E-state index in [-0.39, 0.29) is 0 Å². The first-order valence-corrected chi connectivity index (χ1v) is 8.50. The summed E-state index contributed by atoms with van der Waals surface area (Å²) in [7, 11) is 0. The zero-order valence-corrected chi connectivity index (χ0v) is 14.3. The molecule has 0 bridgehead atoms. The molecule has 0 radical (unpaired) electrons. The van der Waals surface area contributed by atoms with Crippen LogP contribution in [0.2, 0.25) is 0 Å². The minimum absolute atomic E-state index is 0.474. The summed E-state index contributed by atoms with van der Waals surface area (Å²) in [6.45, 7) is 0. The fraction of sp³-hybridized carbons (Fsp3) is 0.308. The van der Waals surface area contributed by atoms with Crippen molar-refractivity contribution in [1.82, 2.24) is 9.97 Å². The summed E-state index contributed by atoms with van der Waals surface area (Å²) in [6.07, 6.45) is 4.20. The third-order valence-electron chi connectivity index (χ3n) is 3.26. The van der Waals surface area contributed by atoms with Crippen molar-refractivity contribution in [3.05, 3.63) is 31.8 Å². The summed E-state index contributed by atoms with van der Waals surface area (Å²) in [5.41, 5.74) is 1.48. The van der Waals surface area contributed by atoms with Gasteiger partial charge in [0.1, 0.15) is 16.6 Å². The van der Waals surface area contributed by atoms with Crippen LogP contribution in [-0.4, -0.2) is 21.0 Å². The number of hydrogen-bond acceptors (Lipinski definition) is 4. The Kier molecular flexibility index (Phi) is 3.92. The van der Waals surface area contributed by atoms with Crippen LogP contribution in [0, 0.1) is 0 Å². The summed E-state index contributed by atoms with van der Waals surface area (Å²) in [5, 5.41) is 10.1. The molecule has 1 N–H and O–H groups in total. The predicted molar refractivity (Wildman–Crippen MR) is 84.1 cm³/mol. The van der Waals surface area contributed by atoms with E-state index in [1.54, 1.807) is 17.5 Å². The zero-order chi connectivity index (χ0) is 14.3. The van der Waals surface area contributed by atoms with E-state index in [4.69, 9.17) is 0 Å². The number of fused-ring (bicyclic) bond motifs is 1. The van der Waals surface area contributed by atoms with Crippen molar-refractivity contribution >= 4 is 49.2 Å². The summed E-state index contributed by atoms with van der Waals surface area (Å²) in [4.78, 5) is 21.3. The van der Waals surface area contributed by atoms with Gasteiger partial charge in [0.25, 0.3) is 0 Å². The molecule has 4 nitrogen and oxygen atoms in total. The molecule has 1 atom stereocenters. The van der Waals surface area contributed by atoms with Crippen LogP contribution >= 0.6 is 43.2 Å². The van der Waals surface area contributed by atoms with Gasteiger partial charge in [0, 0.05) is 20.0 Å². The number of halogens is 2. The lowest BCUT2D eigenvalue weighted by molar-refractivity contribution is -0.139. The number of rotatable bonds is 2. The van der Waals surface area contributed by atoms with E-state index in [0.717, 1.165) is 43.1 Å². The molecule has 0 spiro atoms. The average molecular weight is 418 g/mol. The van der Waals surface area contributed by atoms with E-state index >= 15 is 0 Å². The second-order valence-corrected chi connectivity index (χ2v) is 7.45. The van der Waals surface area contributed by atoms with Crippen molar-refractivity contribution in [3.63, 3.8) is 0 Å². The molecule has 7 heteroatoms. The van der Waals surface area contributed by atoms with Crippen LogP contribution in [0.15, 0.2) is 21.2 Å². The highest BCUT2D eigenvalue weighted by atomic mass is 79.9. The van der Waals surface area contributed by atoms with Crippen LogP contribution in [0.5, 0.6) is 0 Å². The first-order valence-electron chi connectivity index (χ1n) is 6.10. The number of aryl methyl sites for hydroxylation is 1. The Labute approximate surface area is 136 Å². The molecule has 104 valence electrons. The van der Waals surface area contributed by atoms with Gasteiger partial charge in [-0.2, -0.15) is 0 Å². The van der Waals surface area contributed by atoms with Gasteiger partial charge in [-0.3, -0.25) is 9.78 Å². The molecular weight excluding hydrogens is 408 g/mol. The Hall–Kier alpha value is -0.790. The Balaban J connectivity index is 2.07. The topological polar surface area (TPSA) is 63.1 Å². The van der Waals surface area contributed by atoms with Gasteiger partial charge in [-0.1, -0.05) is 0 Å². The second-order valence-electron chi connectivity index (χ2n) is 4.59. The molecule has 0 aliphatic heterocycles. The van der Waals surface area contributed by atoms with Crippen molar-refractivity contribution in [2.75, 3.05) is 0 Å². The van der Waals surface area contributed by atoms with Gasteiger partial charge >= 0.3 is 5.97 Å². The number of hydrogen-bond donors (Lipinski definition) is 1. The van der Waals surface area contributed by atoms with Crippen LogP contribution in [0.4, 0.5) is 0 Å². The molecule has 1 unspecified atom stereocenters. The number of carbonyl (C=O) groups is 1. The van der Waals surface area contributed by atoms with Crippen LogP contribution < -0.4 is 0 Å². The zero-order valence-electron chi connectivity index (χ0n) is 10.3. The van der Waals surface area contributed by atoms with Crippen LogP contribution in [0.1, 0.15) is 29.3 Å². The highest BCUT2D eigenvalue weighted by molar-refractivity contribution is 9.11. The third-order valence-corrected chi connectivity index (χ3v) is 5.44. The lowest BCUT2D eigenvalue weighted by Gasteiger charge is -2.16. The van der Waals surface area contributed by atoms with E-state index in [1.165, 1.54) is 0 Å². The highest BCUT2D eigenvalue weighted by Crippen LogP contribution is 2.39. The summed E-state index contributed by atoms with van der Waals surface area (Å²) in [6, 6.07) is 1.91. The summed E-state index contributed by atoms with van der Waals surface area (Å²) in [5.74, 6) is -1.26. The largest absolute Gasteiger partial charge is 0.481 e. The smallest absolute Gasteiger partial charge is 0.312 e. The van der Waals surface area contributed by atoms with Gasteiger partial charge in [-0.25, -0.2) is 4.98 Å². The Bertz CT molecular complexity index is 687. The summed E-state index contributed by atoms with van der Waals surface area (Å²) < 4.78 is 1.74. The standard InChI is InChI=1S/C13H10Br2N2O2S/c14-6-4-8(15)11(16-5-6)12-17-10-7(13(18)19)2-1-3-9(10)20-12/h4-5,7H,1-3H2,(H,18,19). The van der Waals surface area contributed by atoms with Crippen molar-refractivity contribution in [2.45, 2.75) is 25.2 Å². The van der Waals surface area contributed by atoms with Gasteiger partial charge in [0.05, 0.1) is 5.69 Å². The molecular formula is C13H10Br2N2O2S. The average Bonchev–Trinajstić information content (AvgIpc) is 2.81. The van der Waals surface area contributed by atoms with E-state index in [9.17, 15) is 9.90 Å². The monoisotopic (exact) mass is 416 g/mol. The molecule has 2 aromatic rings. The molecule has 1 aliphatic rings. The maximum absolute atomic E-state index is 11.3. The maximum Gasteiger partial charge on any atom is 0.312 e. The van der Waals surface area contributed by atoms with Gasteiger partial charge in [-0.15, -0.1) is 11.3 Å². The van der Waals surface area contributed by atoms with Crippen LogP contribution in [0.25, 0.3) is 10.7 Å². The van der Waals surface area contributed by atoms with E-state index in [2.05, 4.69) is 41.8 Å². The lowest BCUT2D eigenvalue weighted by Crippen LogP contribution is -2.17. The lowest BCUT2D eigenvalue weighted by atomic mass is 9.91. The number of thiazole rings is 1. The van der Waals surface area contributed by atoms with E-state index in [0.29, 0.717) is 6.42 Å². The molecule has 0 saturated heterocycles.